The number of hydrogen-bond donors (Lipinski definition) is 1. The lowest BCUT2D eigenvalue weighted by Gasteiger charge is -2.26. The first-order valence-corrected chi connectivity index (χ1v) is 12.5. The number of carbonyl (C=O) groups is 4. The van der Waals surface area contributed by atoms with Gasteiger partial charge in [0.15, 0.2) is 11.5 Å². The van der Waals surface area contributed by atoms with E-state index in [0.29, 0.717) is 5.56 Å². The van der Waals surface area contributed by atoms with E-state index in [4.69, 9.17) is 9.47 Å². The summed E-state index contributed by atoms with van der Waals surface area (Å²) in [6.45, 7) is 3.69. The number of amides is 4. The van der Waals surface area contributed by atoms with Gasteiger partial charge in [0, 0.05) is 11.6 Å². The quantitative estimate of drug-likeness (QED) is 0.0857. The zero-order chi connectivity index (χ0) is 32.1. The molecule has 4 rings (SSSR count). The predicted octanol–water partition coefficient (Wildman–Crippen LogP) is 4.49. The average Bonchev–Trinajstić information content (AvgIpc) is 3.00. The second-order valence-electron chi connectivity index (χ2n) is 8.97. The Morgan fingerprint density at radius 1 is 0.977 bits per heavy atom. The molecule has 0 spiro atoms. The van der Waals surface area contributed by atoms with Gasteiger partial charge in [-0.1, -0.05) is 6.08 Å². The standard InChI is InChI=1S/C29H22N4O11/c1-4-5-18-12-16(14-24(42-2)25(18)44-23-11-10-20(32(38)39)15-22(23)33(40)41)13-21-26(34)30-29(37)31(27(21)35)19-8-6-17(7-9-19)28(36)43-3/h4,6-15H,1,5H2,2-3H3,(H,30,34,37)/b21-13+. The Bertz CT molecular complexity index is 1760. The Kier molecular flexibility index (Phi) is 8.79. The Morgan fingerprint density at radius 2 is 1.68 bits per heavy atom. The average molecular weight is 603 g/mol. The lowest BCUT2D eigenvalue weighted by molar-refractivity contribution is -0.394. The Balaban J connectivity index is 1.75. The number of imide groups is 2. The maximum absolute atomic E-state index is 13.4. The van der Waals surface area contributed by atoms with Crippen molar-refractivity contribution in [3.8, 4) is 17.2 Å². The summed E-state index contributed by atoms with van der Waals surface area (Å²) in [5, 5.41) is 24.8. The summed E-state index contributed by atoms with van der Waals surface area (Å²) >= 11 is 0. The first-order chi connectivity index (χ1) is 21.0. The summed E-state index contributed by atoms with van der Waals surface area (Å²) in [6, 6.07) is 10.2. The molecule has 3 aromatic carbocycles. The van der Waals surface area contributed by atoms with E-state index in [1.54, 1.807) is 0 Å². The molecule has 15 heteroatoms. The van der Waals surface area contributed by atoms with Crippen molar-refractivity contribution in [2.75, 3.05) is 19.1 Å². The van der Waals surface area contributed by atoms with E-state index < -0.39 is 50.6 Å². The third kappa shape index (κ3) is 6.11. The molecule has 0 radical (unpaired) electrons. The van der Waals surface area contributed by atoms with Gasteiger partial charge < -0.3 is 14.2 Å². The van der Waals surface area contributed by atoms with Gasteiger partial charge in [0.25, 0.3) is 17.5 Å². The molecular weight excluding hydrogens is 580 g/mol. The predicted molar refractivity (Wildman–Crippen MR) is 154 cm³/mol. The molecule has 0 unspecified atom stereocenters. The third-order valence-electron chi connectivity index (χ3n) is 6.26. The minimum Gasteiger partial charge on any atom is -0.493 e. The normalized spacial score (nSPS) is 13.7. The van der Waals surface area contributed by atoms with Gasteiger partial charge in [0.1, 0.15) is 5.57 Å². The molecule has 0 saturated carbocycles. The van der Waals surface area contributed by atoms with Crippen LogP contribution >= 0.6 is 0 Å². The molecule has 1 fully saturated rings. The highest BCUT2D eigenvalue weighted by Gasteiger charge is 2.37. The molecule has 4 amide bonds. The van der Waals surface area contributed by atoms with Crippen molar-refractivity contribution in [1.82, 2.24) is 5.32 Å². The summed E-state index contributed by atoms with van der Waals surface area (Å²) < 4.78 is 15.9. The van der Waals surface area contributed by atoms with Gasteiger partial charge >= 0.3 is 17.7 Å². The second-order valence-corrected chi connectivity index (χ2v) is 8.97. The van der Waals surface area contributed by atoms with Crippen LogP contribution in [0.5, 0.6) is 17.2 Å². The van der Waals surface area contributed by atoms with Crippen LogP contribution in [0.15, 0.2) is 72.8 Å². The van der Waals surface area contributed by atoms with E-state index in [1.807, 2.05) is 0 Å². The number of nitrogens with one attached hydrogen (secondary N) is 1. The number of urea groups is 1. The summed E-state index contributed by atoms with van der Waals surface area (Å²) in [6.07, 6.45) is 2.85. The van der Waals surface area contributed by atoms with E-state index in [9.17, 15) is 39.4 Å². The zero-order valence-corrected chi connectivity index (χ0v) is 23.1. The van der Waals surface area contributed by atoms with Crippen molar-refractivity contribution in [3.63, 3.8) is 0 Å². The van der Waals surface area contributed by atoms with E-state index in [0.717, 1.165) is 23.1 Å². The summed E-state index contributed by atoms with van der Waals surface area (Å²) in [4.78, 5) is 72.3. The topological polar surface area (TPSA) is 198 Å². The van der Waals surface area contributed by atoms with E-state index in [-0.39, 0.29) is 40.5 Å². The number of nitro groups is 2. The molecule has 3 aromatic rings. The van der Waals surface area contributed by atoms with E-state index >= 15 is 0 Å². The van der Waals surface area contributed by atoms with Gasteiger partial charge in [0.2, 0.25) is 5.75 Å². The molecule has 1 aliphatic rings. The molecule has 1 saturated heterocycles. The smallest absolute Gasteiger partial charge is 0.337 e. The van der Waals surface area contributed by atoms with Crippen molar-refractivity contribution >= 4 is 47.0 Å². The highest BCUT2D eigenvalue weighted by atomic mass is 16.6. The van der Waals surface area contributed by atoms with Crippen LogP contribution in [0.4, 0.5) is 21.9 Å². The van der Waals surface area contributed by atoms with Crippen LogP contribution in [-0.2, 0) is 20.7 Å². The van der Waals surface area contributed by atoms with Gasteiger partial charge in [-0.05, 0) is 60.5 Å². The second kappa shape index (κ2) is 12.6. The number of ether oxygens (including phenoxy) is 3. The number of benzene rings is 3. The highest BCUT2D eigenvalue weighted by Crippen LogP contribution is 2.41. The van der Waals surface area contributed by atoms with Gasteiger partial charge in [-0.2, -0.15) is 0 Å². The molecule has 0 atom stereocenters. The lowest BCUT2D eigenvalue weighted by atomic mass is 10.0. The Hall–Kier alpha value is -6.38. The molecule has 1 N–H and O–H groups in total. The fourth-order valence-corrected chi connectivity index (χ4v) is 4.22. The number of barbiturate groups is 1. The Labute approximate surface area is 248 Å². The van der Waals surface area contributed by atoms with Crippen molar-refractivity contribution in [1.29, 1.82) is 0 Å². The summed E-state index contributed by atoms with van der Waals surface area (Å²) in [7, 11) is 2.49. The first-order valence-electron chi connectivity index (χ1n) is 12.5. The fourth-order valence-electron chi connectivity index (χ4n) is 4.22. The maximum Gasteiger partial charge on any atom is 0.337 e. The number of non-ortho nitro benzene ring substituents is 1. The molecule has 0 bridgehead atoms. The summed E-state index contributed by atoms with van der Waals surface area (Å²) in [5.41, 5.74) is -0.689. The molecule has 0 aromatic heterocycles. The minimum atomic E-state index is -0.999. The number of hydrogen-bond acceptors (Lipinski definition) is 11. The van der Waals surface area contributed by atoms with Gasteiger partial charge in [-0.25, -0.2) is 14.5 Å². The van der Waals surface area contributed by atoms with Gasteiger partial charge in [-0.3, -0.25) is 35.1 Å². The Morgan fingerprint density at radius 3 is 2.27 bits per heavy atom. The monoisotopic (exact) mass is 602 g/mol. The van der Waals surface area contributed by atoms with Crippen LogP contribution in [-0.4, -0.2) is 47.9 Å². The number of anilines is 1. The molecule has 15 nitrogen and oxygen atoms in total. The van der Waals surface area contributed by atoms with Crippen LogP contribution in [0, 0.1) is 20.2 Å². The zero-order valence-electron chi connectivity index (χ0n) is 23.1. The molecule has 224 valence electrons. The van der Waals surface area contributed by atoms with Gasteiger partial charge in [0.05, 0.1) is 41.4 Å². The molecule has 1 heterocycles. The van der Waals surface area contributed by atoms with E-state index in [1.165, 1.54) is 62.8 Å². The number of methoxy groups -OCH3 is 2. The van der Waals surface area contributed by atoms with Crippen LogP contribution in [0.1, 0.15) is 21.5 Å². The fraction of sp³-hybridized carbons (Fsp3) is 0.103. The maximum atomic E-state index is 13.4. The van der Waals surface area contributed by atoms with Gasteiger partial charge in [-0.15, -0.1) is 6.58 Å². The third-order valence-corrected chi connectivity index (χ3v) is 6.26. The van der Waals surface area contributed by atoms with Crippen molar-refractivity contribution in [3.05, 3.63) is 110 Å². The highest BCUT2D eigenvalue weighted by molar-refractivity contribution is 6.39. The number of nitrogens with zero attached hydrogens (tertiary/aromatic N) is 3. The molecular formula is C29H22N4O11. The van der Waals surface area contributed by atoms with Crippen molar-refractivity contribution < 1.29 is 43.2 Å². The van der Waals surface area contributed by atoms with Crippen molar-refractivity contribution in [2.45, 2.75) is 6.42 Å². The van der Waals surface area contributed by atoms with Crippen LogP contribution in [0.3, 0.4) is 0 Å². The SMILES string of the molecule is C=CCc1cc(/C=C2\C(=O)NC(=O)N(c3ccc(C(=O)OC)cc3)C2=O)cc(OC)c1Oc1ccc([N+](=O)[O-])cc1[N+](=O)[O-]. The molecule has 1 aliphatic heterocycles. The number of esters is 1. The first kappa shape index (κ1) is 30.6. The molecule has 44 heavy (non-hydrogen) atoms. The number of nitro benzene ring substituents is 2. The largest absolute Gasteiger partial charge is 0.493 e. The number of rotatable bonds is 10. The van der Waals surface area contributed by atoms with Crippen LogP contribution in [0.25, 0.3) is 6.08 Å². The number of carbonyl (C=O) groups excluding carboxylic acids is 4. The lowest BCUT2D eigenvalue weighted by Crippen LogP contribution is -2.54. The van der Waals surface area contributed by atoms with E-state index in [2.05, 4.69) is 16.6 Å². The molecule has 0 aliphatic carbocycles. The number of allylic oxidation sites excluding steroid dienone is 1. The summed E-state index contributed by atoms with van der Waals surface area (Å²) in [5.74, 6) is -2.78. The van der Waals surface area contributed by atoms with Crippen LogP contribution < -0.4 is 19.7 Å². The van der Waals surface area contributed by atoms with Crippen molar-refractivity contribution in [2.24, 2.45) is 0 Å². The van der Waals surface area contributed by atoms with Crippen LogP contribution in [0.2, 0.25) is 0 Å². The minimum absolute atomic E-state index is 0.0217.